The Morgan fingerprint density at radius 2 is 1.64 bits per heavy atom. The van der Waals surface area contributed by atoms with E-state index in [1.54, 1.807) is 48.5 Å². The summed E-state index contributed by atoms with van der Waals surface area (Å²) in [5.74, 6) is 0.443. The number of nitrogens with zero attached hydrogens (tertiary/aromatic N) is 1. The molecule has 1 amide bonds. The van der Waals surface area contributed by atoms with Crippen molar-refractivity contribution in [2.45, 2.75) is 44.9 Å². The zero-order valence-corrected chi connectivity index (χ0v) is 22.0. The van der Waals surface area contributed by atoms with Gasteiger partial charge >= 0.3 is 0 Å². The number of sulfonamides is 1. The lowest BCUT2D eigenvalue weighted by Gasteiger charge is -2.22. The molecule has 3 aromatic rings. The van der Waals surface area contributed by atoms with E-state index in [-0.39, 0.29) is 10.6 Å². The number of aryl methyl sites for hydroxylation is 2. The molecule has 6 nitrogen and oxygen atoms in total. The Bertz CT molecular complexity index is 1300. The summed E-state index contributed by atoms with van der Waals surface area (Å²) in [6.45, 7) is 6.37. The van der Waals surface area contributed by atoms with Gasteiger partial charge in [0, 0.05) is 6.08 Å². The summed E-state index contributed by atoms with van der Waals surface area (Å²) < 4.78 is 39.0. The van der Waals surface area contributed by atoms with Crippen LogP contribution >= 0.6 is 0 Å². The van der Waals surface area contributed by atoms with Gasteiger partial charge in [-0.3, -0.25) is 4.79 Å². The lowest BCUT2D eigenvalue weighted by Crippen LogP contribution is -2.35. The van der Waals surface area contributed by atoms with E-state index in [2.05, 4.69) is 6.92 Å². The van der Waals surface area contributed by atoms with E-state index < -0.39 is 15.9 Å². The minimum absolute atomic E-state index is 0.0487. The van der Waals surface area contributed by atoms with E-state index in [1.807, 2.05) is 26.0 Å². The summed E-state index contributed by atoms with van der Waals surface area (Å²) in [5, 5.41) is 0. The van der Waals surface area contributed by atoms with E-state index >= 15 is 0 Å². The monoisotopic (exact) mass is 507 g/mol. The minimum Gasteiger partial charge on any atom is -0.493 e. The molecule has 7 heteroatoms. The van der Waals surface area contributed by atoms with Gasteiger partial charge in [-0.15, -0.1) is 0 Å². The third-order valence-corrected chi connectivity index (χ3v) is 7.39. The summed E-state index contributed by atoms with van der Waals surface area (Å²) in [6.07, 6.45) is 5.82. The number of anilines is 1. The summed E-state index contributed by atoms with van der Waals surface area (Å²) in [4.78, 5) is 13.4. The van der Waals surface area contributed by atoms with Gasteiger partial charge < -0.3 is 9.47 Å². The van der Waals surface area contributed by atoms with Crippen molar-refractivity contribution >= 4 is 27.7 Å². The van der Waals surface area contributed by atoms with Crippen molar-refractivity contribution in [1.82, 2.24) is 0 Å². The molecule has 0 fully saturated rings. The van der Waals surface area contributed by atoms with Crippen LogP contribution in [0.5, 0.6) is 11.5 Å². The fourth-order valence-corrected chi connectivity index (χ4v) is 5.06. The normalized spacial score (nSPS) is 11.4. The smallest absolute Gasteiger partial charge is 0.271 e. The summed E-state index contributed by atoms with van der Waals surface area (Å²) in [7, 11) is -2.61. The maximum atomic E-state index is 13.6. The first-order valence-electron chi connectivity index (χ1n) is 12.0. The second-order valence-electron chi connectivity index (χ2n) is 8.37. The fourth-order valence-electron chi connectivity index (χ4n) is 3.68. The SMILES string of the molecule is CCCCc1ccc(N(C(=O)/C=C/c2ccc(OCC)c(OC)c2)S(=O)(=O)c2ccc(C)cc2)cc1. The molecule has 0 aliphatic heterocycles. The van der Waals surface area contributed by atoms with Crippen LogP contribution in [0.2, 0.25) is 0 Å². The van der Waals surface area contributed by atoms with Crippen LogP contribution in [0.15, 0.2) is 77.7 Å². The van der Waals surface area contributed by atoms with E-state index in [0.29, 0.717) is 23.7 Å². The minimum atomic E-state index is -4.14. The lowest BCUT2D eigenvalue weighted by molar-refractivity contribution is -0.113. The van der Waals surface area contributed by atoms with Crippen molar-refractivity contribution in [2.75, 3.05) is 18.0 Å². The molecule has 0 radical (unpaired) electrons. The Labute approximate surface area is 214 Å². The molecule has 190 valence electrons. The third kappa shape index (κ3) is 6.55. The Morgan fingerprint density at radius 3 is 2.25 bits per heavy atom. The van der Waals surface area contributed by atoms with E-state index in [9.17, 15) is 13.2 Å². The average Bonchev–Trinajstić information content (AvgIpc) is 2.88. The Hall–Kier alpha value is -3.58. The van der Waals surface area contributed by atoms with Gasteiger partial charge in [0.05, 0.1) is 24.3 Å². The van der Waals surface area contributed by atoms with Crippen LogP contribution in [-0.4, -0.2) is 28.0 Å². The molecule has 0 bridgehead atoms. The molecule has 0 saturated carbocycles. The predicted octanol–water partition coefficient (Wildman–Crippen LogP) is 6.18. The predicted molar refractivity (Wildman–Crippen MR) is 144 cm³/mol. The highest BCUT2D eigenvalue weighted by molar-refractivity contribution is 7.93. The Kier molecular flexibility index (Phi) is 9.31. The number of carbonyl (C=O) groups is 1. The number of ether oxygens (including phenoxy) is 2. The molecular weight excluding hydrogens is 474 g/mol. The van der Waals surface area contributed by atoms with Gasteiger partial charge in [0.2, 0.25) is 0 Å². The first-order valence-corrected chi connectivity index (χ1v) is 13.5. The quantitative estimate of drug-likeness (QED) is 0.290. The molecule has 0 heterocycles. The summed E-state index contributed by atoms with van der Waals surface area (Å²) >= 11 is 0. The van der Waals surface area contributed by atoms with E-state index in [0.717, 1.165) is 34.7 Å². The first-order chi connectivity index (χ1) is 17.3. The number of methoxy groups -OCH3 is 1. The highest BCUT2D eigenvalue weighted by atomic mass is 32.2. The summed E-state index contributed by atoms with van der Waals surface area (Å²) in [6, 6.07) is 18.8. The van der Waals surface area contributed by atoms with Crippen molar-refractivity contribution in [1.29, 1.82) is 0 Å². The number of hydrogen-bond acceptors (Lipinski definition) is 5. The van der Waals surface area contributed by atoms with Gasteiger partial charge in [0.1, 0.15) is 0 Å². The van der Waals surface area contributed by atoms with E-state index in [1.165, 1.54) is 25.3 Å². The molecule has 3 rings (SSSR count). The van der Waals surface area contributed by atoms with Crippen molar-refractivity contribution in [3.63, 3.8) is 0 Å². The van der Waals surface area contributed by atoms with Crippen LogP contribution in [0.25, 0.3) is 6.08 Å². The molecule has 0 aliphatic carbocycles. The molecule has 0 atom stereocenters. The highest BCUT2D eigenvalue weighted by Crippen LogP contribution is 2.29. The molecule has 0 aromatic heterocycles. The standard InChI is InChI=1S/C29H33NO5S/c1-5-7-8-23-11-15-25(16-12-23)30(36(32,33)26-17-9-22(3)10-18-26)29(31)20-14-24-13-19-27(35-6-2)28(21-24)34-4/h9-21H,5-8H2,1-4H3/b20-14+. The molecule has 0 unspecified atom stereocenters. The lowest BCUT2D eigenvalue weighted by atomic mass is 10.1. The maximum Gasteiger partial charge on any atom is 0.271 e. The molecule has 0 saturated heterocycles. The number of unbranched alkanes of at least 4 members (excludes halogenated alkanes) is 1. The van der Waals surface area contributed by atoms with Crippen LogP contribution in [0.1, 0.15) is 43.4 Å². The molecule has 0 N–H and O–H groups in total. The molecule has 0 spiro atoms. The van der Waals surface area contributed by atoms with E-state index in [4.69, 9.17) is 9.47 Å². The highest BCUT2D eigenvalue weighted by Gasteiger charge is 2.29. The number of carbonyl (C=O) groups excluding carboxylic acids is 1. The number of rotatable bonds is 11. The number of benzene rings is 3. The van der Waals surface area contributed by atoms with Crippen molar-refractivity contribution < 1.29 is 22.7 Å². The Morgan fingerprint density at radius 1 is 0.944 bits per heavy atom. The first kappa shape index (κ1) is 27.0. The van der Waals surface area contributed by atoms with Gasteiger partial charge in [0.15, 0.2) is 11.5 Å². The van der Waals surface area contributed by atoms with Crippen LogP contribution in [-0.2, 0) is 21.2 Å². The van der Waals surface area contributed by atoms with Gasteiger partial charge in [-0.25, -0.2) is 8.42 Å². The fraction of sp³-hybridized carbons (Fsp3) is 0.276. The largest absolute Gasteiger partial charge is 0.493 e. The Balaban J connectivity index is 1.98. The van der Waals surface area contributed by atoms with Gasteiger partial charge in [-0.05, 0) is 80.3 Å². The van der Waals surface area contributed by atoms with Crippen LogP contribution in [0, 0.1) is 6.92 Å². The molecular formula is C29H33NO5S. The van der Waals surface area contributed by atoms with Gasteiger partial charge in [-0.1, -0.05) is 49.2 Å². The zero-order valence-electron chi connectivity index (χ0n) is 21.2. The number of amides is 1. The molecule has 3 aromatic carbocycles. The van der Waals surface area contributed by atoms with Gasteiger partial charge in [-0.2, -0.15) is 4.31 Å². The van der Waals surface area contributed by atoms with Crippen LogP contribution in [0.4, 0.5) is 5.69 Å². The third-order valence-electron chi connectivity index (χ3n) is 5.66. The van der Waals surface area contributed by atoms with Crippen molar-refractivity contribution in [2.24, 2.45) is 0 Å². The van der Waals surface area contributed by atoms with Crippen molar-refractivity contribution in [3.05, 3.63) is 89.5 Å². The maximum absolute atomic E-state index is 13.6. The van der Waals surface area contributed by atoms with Crippen LogP contribution < -0.4 is 13.8 Å². The van der Waals surface area contributed by atoms with Gasteiger partial charge in [0.25, 0.3) is 15.9 Å². The molecule has 36 heavy (non-hydrogen) atoms. The van der Waals surface area contributed by atoms with Crippen molar-refractivity contribution in [3.8, 4) is 11.5 Å². The molecule has 0 aliphatic rings. The zero-order chi connectivity index (χ0) is 26.1. The summed E-state index contributed by atoms with van der Waals surface area (Å²) in [5.41, 5.74) is 2.98. The second kappa shape index (κ2) is 12.4. The second-order valence-corrected chi connectivity index (χ2v) is 10.2. The average molecular weight is 508 g/mol. The topological polar surface area (TPSA) is 72.9 Å². The van der Waals surface area contributed by atoms with Crippen LogP contribution in [0.3, 0.4) is 0 Å². The number of hydrogen-bond donors (Lipinski definition) is 0.